The molecule has 6 heteroatoms. The van der Waals surface area contributed by atoms with Gasteiger partial charge in [-0.3, -0.25) is 4.79 Å². The number of carbonyl (C=O) groups excluding carboxylic acids is 2. The molecule has 0 heterocycles. The Kier molecular flexibility index (Phi) is 4.75. The maximum Gasteiger partial charge on any atom is 0.508 e. The van der Waals surface area contributed by atoms with Crippen LogP contribution in [0.2, 0.25) is 0 Å². The summed E-state index contributed by atoms with van der Waals surface area (Å²) >= 11 is 0. The van der Waals surface area contributed by atoms with Crippen LogP contribution in [0.1, 0.15) is 6.92 Å². The Hall–Kier alpha value is -1.33. The number of alkyl halides is 1. The van der Waals surface area contributed by atoms with Crippen LogP contribution in [0.4, 0.5) is 9.18 Å². The summed E-state index contributed by atoms with van der Waals surface area (Å²) in [4.78, 5) is 20.4. The van der Waals surface area contributed by atoms with Crippen molar-refractivity contribution < 1.29 is 28.2 Å². The van der Waals surface area contributed by atoms with Crippen molar-refractivity contribution in [2.75, 3.05) is 13.7 Å². The molecule has 0 fully saturated rings. The molecule has 0 spiro atoms. The van der Waals surface area contributed by atoms with Crippen LogP contribution in [0.25, 0.3) is 0 Å². The molecule has 0 saturated heterocycles. The van der Waals surface area contributed by atoms with E-state index in [1.165, 1.54) is 0 Å². The van der Waals surface area contributed by atoms with Crippen LogP contribution in [0.5, 0.6) is 0 Å². The maximum absolute atomic E-state index is 12.4. The lowest BCUT2D eigenvalue weighted by atomic mass is 10.7. The van der Waals surface area contributed by atoms with Crippen LogP contribution in [0.3, 0.4) is 0 Å². The van der Waals surface area contributed by atoms with Crippen LogP contribution < -0.4 is 0 Å². The minimum Gasteiger partial charge on any atom is -0.438 e. The van der Waals surface area contributed by atoms with Crippen LogP contribution in [0, 0.1) is 0 Å². The molecular weight excluding hydrogens is 171 g/mol. The van der Waals surface area contributed by atoms with Crippen molar-refractivity contribution in [3.8, 4) is 0 Å². The van der Waals surface area contributed by atoms with Gasteiger partial charge in [0.1, 0.15) is 0 Å². The van der Waals surface area contributed by atoms with Crippen LogP contribution in [-0.4, -0.2) is 32.2 Å². The second-order valence-corrected chi connectivity index (χ2v) is 1.78. The molecular formula is C6H9FO5. The molecule has 0 rings (SSSR count). The maximum atomic E-state index is 12.4. The van der Waals surface area contributed by atoms with Crippen molar-refractivity contribution in [2.24, 2.45) is 0 Å². The molecule has 1 unspecified atom stereocenters. The van der Waals surface area contributed by atoms with Crippen LogP contribution in [0.15, 0.2) is 0 Å². The number of ether oxygens (including phenoxy) is 3. The summed E-state index contributed by atoms with van der Waals surface area (Å²) in [6.45, 7) is 0.386. The summed E-state index contributed by atoms with van der Waals surface area (Å²) in [5.41, 5.74) is 0. The van der Waals surface area contributed by atoms with Gasteiger partial charge in [-0.05, 0) is 0 Å². The largest absolute Gasteiger partial charge is 0.508 e. The third kappa shape index (κ3) is 5.45. The number of methoxy groups -OCH3 is 1. The number of hydrogen-bond acceptors (Lipinski definition) is 5. The highest BCUT2D eigenvalue weighted by Crippen LogP contribution is 1.96. The van der Waals surface area contributed by atoms with E-state index < -0.39 is 25.1 Å². The topological polar surface area (TPSA) is 61.8 Å². The molecule has 0 radical (unpaired) electrons. The van der Waals surface area contributed by atoms with Gasteiger partial charge in [-0.2, -0.15) is 4.39 Å². The van der Waals surface area contributed by atoms with Gasteiger partial charge in [0.25, 0.3) is 6.36 Å². The minimum absolute atomic E-state index is 0.660. The van der Waals surface area contributed by atoms with Crippen molar-refractivity contribution in [3.05, 3.63) is 0 Å². The van der Waals surface area contributed by atoms with E-state index in [0.717, 1.165) is 14.0 Å². The zero-order valence-corrected chi connectivity index (χ0v) is 6.70. The Morgan fingerprint density at radius 1 is 1.50 bits per heavy atom. The zero-order chi connectivity index (χ0) is 9.56. The average molecular weight is 180 g/mol. The average Bonchev–Trinajstić information content (AvgIpc) is 1.99. The van der Waals surface area contributed by atoms with E-state index in [2.05, 4.69) is 14.2 Å². The Balaban J connectivity index is 3.50. The third-order valence-corrected chi connectivity index (χ3v) is 0.793. The molecule has 0 aliphatic heterocycles. The molecule has 0 amide bonds. The number of hydrogen-bond donors (Lipinski definition) is 0. The summed E-state index contributed by atoms with van der Waals surface area (Å²) in [5.74, 6) is -0.782. The minimum atomic E-state index is -1.94. The van der Waals surface area contributed by atoms with Crippen molar-refractivity contribution in [1.82, 2.24) is 0 Å². The Morgan fingerprint density at radius 2 is 2.08 bits per heavy atom. The Bertz CT molecular complexity index is 169. The quantitative estimate of drug-likeness (QED) is 0.596. The van der Waals surface area contributed by atoms with Gasteiger partial charge in [-0.15, -0.1) is 0 Å². The smallest absolute Gasteiger partial charge is 0.438 e. The van der Waals surface area contributed by atoms with E-state index >= 15 is 0 Å². The predicted molar refractivity (Wildman–Crippen MR) is 35.0 cm³/mol. The first-order chi connectivity index (χ1) is 5.56. The second-order valence-electron chi connectivity index (χ2n) is 1.78. The fourth-order valence-electron chi connectivity index (χ4n) is 0.407. The third-order valence-electron chi connectivity index (χ3n) is 0.793. The first-order valence-corrected chi connectivity index (χ1v) is 3.08. The highest BCUT2D eigenvalue weighted by Gasteiger charge is 2.12. The Morgan fingerprint density at radius 3 is 2.50 bits per heavy atom. The fraction of sp³-hybridized carbons (Fsp3) is 0.667. The summed E-state index contributed by atoms with van der Waals surface area (Å²) in [6, 6.07) is 0. The monoisotopic (exact) mass is 180 g/mol. The summed E-state index contributed by atoms with van der Waals surface area (Å²) in [5, 5.41) is 0. The van der Waals surface area contributed by atoms with Crippen LogP contribution >= 0.6 is 0 Å². The molecule has 0 aromatic rings. The molecule has 70 valence electrons. The summed E-state index contributed by atoms with van der Waals surface area (Å²) in [6.07, 6.45) is -2.97. The van der Waals surface area contributed by atoms with E-state index in [0.29, 0.717) is 0 Å². The van der Waals surface area contributed by atoms with Gasteiger partial charge >= 0.3 is 12.1 Å². The van der Waals surface area contributed by atoms with Gasteiger partial charge < -0.3 is 14.2 Å². The molecule has 0 aliphatic carbocycles. The van der Waals surface area contributed by atoms with E-state index in [9.17, 15) is 14.0 Å². The first kappa shape index (κ1) is 10.7. The zero-order valence-electron chi connectivity index (χ0n) is 6.70. The van der Waals surface area contributed by atoms with Crippen LogP contribution in [-0.2, 0) is 19.0 Å². The van der Waals surface area contributed by atoms with Gasteiger partial charge in [0, 0.05) is 6.92 Å². The highest BCUT2D eigenvalue weighted by molar-refractivity contribution is 5.66. The van der Waals surface area contributed by atoms with E-state index in [1.54, 1.807) is 0 Å². The predicted octanol–water partition coefficient (Wildman–Crippen LogP) is 0.628. The molecule has 0 N–H and O–H groups in total. The highest BCUT2D eigenvalue weighted by atomic mass is 19.1. The summed E-state index contributed by atoms with van der Waals surface area (Å²) < 4.78 is 24.6. The molecule has 12 heavy (non-hydrogen) atoms. The van der Waals surface area contributed by atoms with Gasteiger partial charge in [0.15, 0.2) is 6.61 Å². The van der Waals surface area contributed by atoms with Crippen molar-refractivity contribution in [3.63, 3.8) is 0 Å². The van der Waals surface area contributed by atoms with Crippen molar-refractivity contribution >= 4 is 12.1 Å². The lowest BCUT2D eigenvalue weighted by Crippen LogP contribution is -2.19. The normalized spacial score (nSPS) is 11.6. The molecule has 1 atom stereocenters. The number of halogens is 1. The number of rotatable bonds is 3. The molecule has 0 aliphatic rings. The Labute approximate surface area is 68.4 Å². The second kappa shape index (κ2) is 5.34. The summed E-state index contributed by atoms with van der Waals surface area (Å²) in [7, 11) is 1.08. The lowest BCUT2D eigenvalue weighted by molar-refractivity contribution is -0.159. The van der Waals surface area contributed by atoms with E-state index in [1.807, 2.05) is 0 Å². The van der Waals surface area contributed by atoms with Crippen molar-refractivity contribution in [2.45, 2.75) is 13.3 Å². The molecule has 0 bridgehead atoms. The molecule has 0 saturated carbocycles. The van der Waals surface area contributed by atoms with Gasteiger partial charge in [-0.25, -0.2) is 4.79 Å². The molecule has 5 nitrogen and oxygen atoms in total. The SMILES string of the molecule is COC(=O)OCC(F)OC(C)=O. The van der Waals surface area contributed by atoms with Gasteiger partial charge in [0.05, 0.1) is 7.11 Å². The first-order valence-electron chi connectivity index (χ1n) is 3.08. The fourth-order valence-corrected chi connectivity index (χ4v) is 0.407. The lowest BCUT2D eigenvalue weighted by Gasteiger charge is -2.07. The van der Waals surface area contributed by atoms with E-state index in [-0.39, 0.29) is 0 Å². The molecule has 0 aromatic heterocycles. The van der Waals surface area contributed by atoms with E-state index in [4.69, 9.17) is 0 Å². The molecule has 0 aromatic carbocycles. The standard InChI is InChI=1S/C6H9FO5/c1-4(8)12-5(7)3-11-6(9)10-2/h5H,3H2,1-2H3. The number of carbonyl (C=O) groups is 2. The van der Waals surface area contributed by atoms with Gasteiger partial charge in [0.2, 0.25) is 0 Å². The van der Waals surface area contributed by atoms with Crippen molar-refractivity contribution in [1.29, 1.82) is 0 Å². The van der Waals surface area contributed by atoms with Gasteiger partial charge in [-0.1, -0.05) is 0 Å². The number of esters is 1.